The van der Waals surface area contributed by atoms with Gasteiger partial charge in [0.15, 0.2) is 0 Å². The van der Waals surface area contributed by atoms with Crippen LogP contribution in [0.1, 0.15) is 42.6 Å². The Morgan fingerprint density at radius 1 is 1.04 bits per heavy atom. The average Bonchev–Trinajstić information content (AvgIpc) is 2.44. The molecule has 0 fully saturated rings. The number of benzene rings is 1. The van der Waals surface area contributed by atoms with Gasteiger partial charge >= 0.3 is 6.18 Å². The SMILES string of the molecule is Cc1nc(NC(C)(C)C)cc(C(=O)Nc2ccc(C(F)(F)F)cc2)n1. The molecular weight excluding hydrogens is 333 g/mol. The number of aryl methyl sites for hydroxylation is 1. The summed E-state index contributed by atoms with van der Waals surface area (Å²) in [6.45, 7) is 7.51. The third-order valence-electron chi connectivity index (χ3n) is 3.04. The lowest BCUT2D eigenvalue weighted by molar-refractivity contribution is -0.137. The van der Waals surface area contributed by atoms with Crippen molar-refractivity contribution in [2.75, 3.05) is 10.6 Å². The van der Waals surface area contributed by atoms with Crippen LogP contribution in [-0.4, -0.2) is 21.4 Å². The Kier molecular flexibility index (Phi) is 5.01. The van der Waals surface area contributed by atoms with Gasteiger partial charge in [-0.25, -0.2) is 9.97 Å². The number of nitrogens with one attached hydrogen (secondary N) is 2. The molecule has 8 heteroatoms. The van der Waals surface area contributed by atoms with E-state index in [2.05, 4.69) is 20.6 Å². The van der Waals surface area contributed by atoms with Crippen LogP contribution in [0.15, 0.2) is 30.3 Å². The van der Waals surface area contributed by atoms with Gasteiger partial charge in [-0.1, -0.05) is 0 Å². The zero-order valence-electron chi connectivity index (χ0n) is 14.3. The van der Waals surface area contributed by atoms with Crippen molar-refractivity contribution in [3.8, 4) is 0 Å². The quantitative estimate of drug-likeness (QED) is 0.866. The molecule has 0 aliphatic heterocycles. The lowest BCUT2D eigenvalue weighted by atomic mass is 10.1. The van der Waals surface area contributed by atoms with Crippen LogP contribution in [0, 0.1) is 6.92 Å². The summed E-state index contributed by atoms with van der Waals surface area (Å²) in [7, 11) is 0. The van der Waals surface area contributed by atoms with E-state index in [1.54, 1.807) is 6.92 Å². The highest BCUT2D eigenvalue weighted by molar-refractivity contribution is 6.03. The fraction of sp³-hybridized carbons (Fsp3) is 0.353. The van der Waals surface area contributed by atoms with Crippen molar-refractivity contribution in [1.29, 1.82) is 0 Å². The third kappa shape index (κ3) is 5.44. The zero-order valence-corrected chi connectivity index (χ0v) is 14.3. The Bertz CT molecular complexity index is 765. The van der Waals surface area contributed by atoms with Gasteiger partial charge in [0.1, 0.15) is 17.3 Å². The number of nitrogens with zero attached hydrogens (tertiary/aromatic N) is 2. The molecule has 0 saturated heterocycles. The largest absolute Gasteiger partial charge is 0.416 e. The summed E-state index contributed by atoms with van der Waals surface area (Å²) in [5.74, 6) is 0.381. The van der Waals surface area contributed by atoms with Crippen molar-refractivity contribution in [2.45, 2.75) is 39.4 Å². The Morgan fingerprint density at radius 3 is 2.16 bits per heavy atom. The molecule has 134 valence electrons. The molecule has 1 aromatic heterocycles. The fourth-order valence-corrected chi connectivity index (χ4v) is 2.07. The Balaban J connectivity index is 2.18. The number of carbonyl (C=O) groups is 1. The van der Waals surface area contributed by atoms with E-state index < -0.39 is 17.6 Å². The van der Waals surface area contributed by atoms with E-state index in [0.29, 0.717) is 11.6 Å². The zero-order chi connectivity index (χ0) is 18.8. The lowest BCUT2D eigenvalue weighted by Crippen LogP contribution is -2.27. The predicted molar refractivity (Wildman–Crippen MR) is 89.5 cm³/mol. The highest BCUT2D eigenvalue weighted by Gasteiger charge is 2.30. The second-order valence-electron chi connectivity index (χ2n) is 6.59. The molecule has 5 nitrogen and oxygen atoms in total. The van der Waals surface area contributed by atoms with E-state index >= 15 is 0 Å². The first-order valence-corrected chi connectivity index (χ1v) is 7.56. The molecular formula is C17H19F3N4O. The summed E-state index contributed by atoms with van der Waals surface area (Å²) < 4.78 is 37.7. The summed E-state index contributed by atoms with van der Waals surface area (Å²) in [5, 5.41) is 5.68. The molecule has 0 aliphatic rings. The minimum atomic E-state index is -4.42. The maximum atomic E-state index is 12.6. The van der Waals surface area contributed by atoms with Gasteiger partial charge in [-0.15, -0.1) is 0 Å². The van der Waals surface area contributed by atoms with Gasteiger partial charge in [0.25, 0.3) is 5.91 Å². The van der Waals surface area contributed by atoms with Crippen molar-refractivity contribution in [3.63, 3.8) is 0 Å². The average molecular weight is 352 g/mol. The molecule has 0 bridgehead atoms. The van der Waals surface area contributed by atoms with Gasteiger partial charge in [0.05, 0.1) is 5.56 Å². The second kappa shape index (κ2) is 6.70. The van der Waals surface area contributed by atoms with Gasteiger partial charge in [0.2, 0.25) is 0 Å². The summed E-state index contributed by atoms with van der Waals surface area (Å²) in [6.07, 6.45) is -4.42. The van der Waals surface area contributed by atoms with Gasteiger partial charge in [0, 0.05) is 17.3 Å². The molecule has 2 rings (SSSR count). The molecule has 0 aliphatic carbocycles. The Labute approximate surface area is 143 Å². The number of hydrogen-bond acceptors (Lipinski definition) is 4. The fourth-order valence-electron chi connectivity index (χ4n) is 2.07. The third-order valence-corrected chi connectivity index (χ3v) is 3.04. The number of aromatic nitrogens is 2. The summed E-state index contributed by atoms with van der Waals surface area (Å²) in [5.41, 5.74) is -0.652. The summed E-state index contributed by atoms with van der Waals surface area (Å²) in [4.78, 5) is 20.6. The smallest absolute Gasteiger partial charge is 0.365 e. The highest BCUT2D eigenvalue weighted by Crippen LogP contribution is 2.29. The van der Waals surface area contributed by atoms with Crippen LogP contribution in [-0.2, 0) is 6.18 Å². The maximum absolute atomic E-state index is 12.6. The van der Waals surface area contributed by atoms with Crippen LogP contribution >= 0.6 is 0 Å². The number of carbonyl (C=O) groups excluding carboxylic acids is 1. The van der Waals surface area contributed by atoms with Crippen molar-refractivity contribution in [2.24, 2.45) is 0 Å². The molecule has 0 atom stereocenters. The Morgan fingerprint density at radius 2 is 1.64 bits per heavy atom. The number of rotatable bonds is 3. The highest BCUT2D eigenvalue weighted by atomic mass is 19.4. The molecule has 0 spiro atoms. The molecule has 0 saturated carbocycles. The van der Waals surface area contributed by atoms with E-state index in [4.69, 9.17) is 0 Å². The van der Waals surface area contributed by atoms with E-state index in [-0.39, 0.29) is 16.9 Å². The summed E-state index contributed by atoms with van der Waals surface area (Å²) >= 11 is 0. The normalized spacial score (nSPS) is 12.0. The van der Waals surface area contributed by atoms with Crippen LogP contribution in [0.3, 0.4) is 0 Å². The number of hydrogen-bond donors (Lipinski definition) is 2. The van der Waals surface area contributed by atoms with E-state index in [1.807, 2.05) is 20.8 Å². The first kappa shape index (κ1) is 18.7. The van der Waals surface area contributed by atoms with E-state index in [1.165, 1.54) is 18.2 Å². The maximum Gasteiger partial charge on any atom is 0.416 e. The topological polar surface area (TPSA) is 66.9 Å². The van der Waals surface area contributed by atoms with Crippen LogP contribution < -0.4 is 10.6 Å². The second-order valence-corrected chi connectivity index (χ2v) is 6.59. The van der Waals surface area contributed by atoms with Crippen molar-refractivity contribution in [3.05, 3.63) is 47.4 Å². The molecule has 2 aromatic rings. The van der Waals surface area contributed by atoms with Gasteiger partial charge in [-0.05, 0) is 52.0 Å². The predicted octanol–water partition coefficient (Wildman–Crippen LogP) is 4.27. The van der Waals surface area contributed by atoms with E-state index in [0.717, 1.165) is 12.1 Å². The molecule has 2 N–H and O–H groups in total. The molecule has 25 heavy (non-hydrogen) atoms. The number of halogens is 3. The van der Waals surface area contributed by atoms with Crippen molar-refractivity contribution in [1.82, 2.24) is 9.97 Å². The standard InChI is InChI=1S/C17H19F3N4O/c1-10-21-13(9-14(22-10)24-16(2,3)4)15(25)23-12-7-5-11(6-8-12)17(18,19)20/h5-9H,1-4H3,(H,23,25)(H,21,22,24). The van der Waals surface area contributed by atoms with Crippen molar-refractivity contribution >= 4 is 17.4 Å². The van der Waals surface area contributed by atoms with Crippen LogP contribution in [0.4, 0.5) is 24.7 Å². The lowest BCUT2D eigenvalue weighted by Gasteiger charge is -2.21. The minimum Gasteiger partial charge on any atom is -0.365 e. The minimum absolute atomic E-state index is 0.124. The monoisotopic (exact) mass is 352 g/mol. The van der Waals surface area contributed by atoms with Gasteiger partial charge in [-0.2, -0.15) is 13.2 Å². The molecule has 1 aromatic carbocycles. The first-order chi connectivity index (χ1) is 11.4. The van der Waals surface area contributed by atoms with Crippen LogP contribution in [0.2, 0.25) is 0 Å². The number of anilines is 2. The Hall–Kier alpha value is -2.64. The van der Waals surface area contributed by atoms with Gasteiger partial charge in [-0.3, -0.25) is 4.79 Å². The van der Waals surface area contributed by atoms with Crippen molar-refractivity contribution < 1.29 is 18.0 Å². The molecule has 0 radical (unpaired) electrons. The summed E-state index contributed by atoms with van der Waals surface area (Å²) in [6, 6.07) is 5.71. The molecule has 1 heterocycles. The number of amides is 1. The van der Waals surface area contributed by atoms with Crippen LogP contribution in [0.25, 0.3) is 0 Å². The molecule has 0 unspecified atom stereocenters. The molecule has 1 amide bonds. The first-order valence-electron chi connectivity index (χ1n) is 7.56. The van der Waals surface area contributed by atoms with Crippen LogP contribution in [0.5, 0.6) is 0 Å². The number of alkyl halides is 3. The van der Waals surface area contributed by atoms with E-state index in [9.17, 15) is 18.0 Å². The van der Waals surface area contributed by atoms with Gasteiger partial charge < -0.3 is 10.6 Å².